The molecular weight excluding hydrogens is 120 g/mol. The summed E-state index contributed by atoms with van der Waals surface area (Å²) in [6.07, 6.45) is 7.57. The second kappa shape index (κ2) is 1.99. The van der Waals surface area contributed by atoms with Crippen LogP contribution in [-0.2, 0) is 0 Å². The highest BCUT2D eigenvalue weighted by molar-refractivity contribution is 5.02. The molecule has 58 valence electrons. The maximum absolute atomic E-state index is 2.46. The average molecular weight is 138 g/mol. The van der Waals surface area contributed by atoms with Crippen molar-refractivity contribution < 1.29 is 0 Å². The predicted octanol–water partition coefficient (Wildman–Crippen LogP) is 3.22. The van der Waals surface area contributed by atoms with Gasteiger partial charge in [-0.25, -0.2) is 0 Å². The van der Waals surface area contributed by atoms with E-state index in [-0.39, 0.29) is 0 Å². The maximum atomic E-state index is 2.46. The number of rotatable bonds is 1. The van der Waals surface area contributed by atoms with Crippen molar-refractivity contribution in [2.24, 2.45) is 17.3 Å². The molecule has 2 rings (SSSR count). The molecule has 2 fully saturated rings. The average Bonchev–Trinajstić information content (AvgIpc) is 2.06. The van der Waals surface area contributed by atoms with Crippen LogP contribution in [0.2, 0.25) is 0 Å². The van der Waals surface area contributed by atoms with Crippen LogP contribution < -0.4 is 0 Å². The zero-order valence-corrected chi connectivity index (χ0v) is 7.19. The summed E-state index contributed by atoms with van der Waals surface area (Å²) >= 11 is 0. The van der Waals surface area contributed by atoms with Crippen LogP contribution in [0.25, 0.3) is 0 Å². The van der Waals surface area contributed by atoms with Gasteiger partial charge in [-0.2, -0.15) is 0 Å². The van der Waals surface area contributed by atoms with Gasteiger partial charge in [0.1, 0.15) is 0 Å². The van der Waals surface area contributed by atoms with Gasteiger partial charge < -0.3 is 0 Å². The van der Waals surface area contributed by atoms with Crippen molar-refractivity contribution in [2.45, 2.75) is 46.0 Å². The quantitative estimate of drug-likeness (QED) is 0.522. The SMILES string of the molecule is CCC12CCC1CCC2C. The lowest BCUT2D eigenvalue weighted by atomic mass is 9.57. The molecule has 0 amide bonds. The third-order valence-corrected chi connectivity index (χ3v) is 4.36. The Bertz CT molecular complexity index is 127. The van der Waals surface area contributed by atoms with E-state index in [1.807, 2.05) is 0 Å². The molecule has 0 aliphatic heterocycles. The van der Waals surface area contributed by atoms with E-state index < -0.39 is 0 Å². The molecule has 0 heterocycles. The summed E-state index contributed by atoms with van der Waals surface area (Å²) in [4.78, 5) is 0. The van der Waals surface area contributed by atoms with Gasteiger partial charge in [-0.1, -0.05) is 13.8 Å². The molecule has 0 bridgehead atoms. The number of fused-ring (bicyclic) bond motifs is 1. The largest absolute Gasteiger partial charge is 0.0648 e. The fourth-order valence-corrected chi connectivity index (χ4v) is 3.35. The minimum Gasteiger partial charge on any atom is -0.0648 e. The Kier molecular flexibility index (Phi) is 1.33. The Morgan fingerprint density at radius 2 is 2.10 bits per heavy atom. The minimum atomic E-state index is 0.833. The van der Waals surface area contributed by atoms with E-state index in [1.54, 1.807) is 0 Å². The van der Waals surface area contributed by atoms with Crippen molar-refractivity contribution in [1.29, 1.82) is 0 Å². The molecule has 0 spiro atoms. The Morgan fingerprint density at radius 1 is 1.30 bits per heavy atom. The first-order valence-electron chi connectivity index (χ1n) is 4.79. The fraction of sp³-hybridized carbons (Fsp3) is 1.00. The minimum absolute atomic E-state index is 0.833. The number of hydrogen-bond donors (Lipinski definition) is 0. The van der Waals surface area contributed by atoms with Gasteiger partial charge in [0.2, 0.25) is 0 Å². The lowest BCUT2D eigenvalue weighted by Crippen LogP contribution is -2.38. The molecule has 0 N–H and O–H groups in total. The summed E-state index contributed by atoms with van der Waals surface area (Å²) in [6.45, 7) is 4.84. The van der Waals surface area contributed by atoms with Crippen molar-refractivity contribution in [3.8, 4) is 0 Å². The second-order valence-corrected chi connectivity index (χ2v) is 4.30. The van der Waals surface area contributed by atoms with Crippen LogP contribution in [0.1, 0.15) is 46.0 Å². The van der Waals surface area contributed by atoms with Gasteiger partial charge in [0.25, 0.3) is 0 Å². The molecule has 2 aliphatic rings. The van der Waals surface area contributed by atoms with Crippen molar-refractivity contribution in [3.63, 3.8) is 0 Å². The van der Waals surface area contributed by atoms with Gasteiger partial charge in [0.15, 0.2) is 0 Å². The Hall–Kier alpha value is 0. The van der Waals surface area contributed by atoms with Crippen LogP contribution in [0, 0.1) is 17.3 Å². The van der Waals surface area contributed by atoms with Gasteiger partial charge in [-0.05, 0) is 49.4 Å². The summed E-state index contributed by atoms with van der Waals surface area (Å²) in [7, 11) is 0. The molecule has 0 radical (unpaired) electrons. The standard InChI is InChI=1S/C10H18/c1-3-10-7-6-9(10)5-4-8(10)2/h8-9H,3-7H2,1-2H3. The van der Waals surface area contributed by atoms with Gasteiger partial charge >= 0.3 is 0 Å². The highest BCUT2D eigenvalue weighted by Gasteiger charge is 2.52. The van der Waals surface area contributed by atoms with E-state index in [1.165, 1.54) is 32.1 Å². The molecule has 2 aliphatic carbocycles. The molecule has 0 heteroatoms. The highest BCUT2D eigenvalue weighted by atomic mass is 14.6. The van der Waals surface area contributed by atoms with Crippen molar-refractivity contribution in [2.75, 3.05) is 0 Å². The van der Waals surface area contributed by atoms with Crippen LogP contribution in [0.5, 0.6) is 0 Å². The zero-order chi connectivity index (χ0) is 7.19. The van der Waals surface area contributed by atoms with Crippen LogP contribution in [-0.4, -0.2) is 0 Å². The summed E-state index contributed by atoms with van der Waals surface area (Å²) in [5.74, 6) is 2.17. The molecule has 2 saturated carbocycles. The van der Waals surface area contributed by atoms with E-state index in [9.17, 15) is 0 Å². The smallest absolute Gasteiger partial charge is 0.0246 e. The molecule has 10 heavy (non-hydrogen) atoms. The fourth-order valence-electron chi connectivity index (χ4n) is 3.35. The van der Waals surface area contributed by atoms with Crippen LogP contribution in [0.15, 0.2) is 0 Å². The van der Waals surface area contributed by atoms with E-state index in [0.717, 1.165) is 17.3 Å². The van der Waals surface area contributed by atoms with E-state index >= 15 is 0 Å². The van der Waals surface area contributed by atoms with Gasteiger partial charge in [0.05, 0.1) is 0 Å². The highest BCUT2D eigenvalue weighted by Crippen LogP contribution is 2.62. The Balaban J connectivity index is 2.17. The molecule has 0 nitrogen and oxygen atoms in total. The first-order chi connectivity index (χ1) is 4.79. The van der Waals surface area contributed by atoms with E-state index in [2.05, 4.69) is 13.8 Å². The van der Waals surface area contributed by atoms with E-state index in [0.29, 0.717) is 0 Å². The first kappa shape index (κ1) is 6.69. The Morgan fingerprint density at radius 3 is 2.40 bits per heavy atom. The summed E-state index contributed by atoms with van der Waals surface area (Å²) < 4.78 is 0. The predicted molar refractivity (Wildman–Crippen MR) is 43.8 cm³/mol. The third-order valence-electron chi connectivity index (χ3n) is 4.36. The lowest BCUT2D eigenvalue weighted by Gasteiger charge is -2.48. The maximum Gasteiger partial charge on any atom is -0.0246 e. The third kappa shape index (κ3) is 0.580. The van der Waals surface area contributed by atoms with Crippen LogP contribution in [0.4, 0.5) is 0 Å². The molecule has 0 aromatic carbocycles. The van der Waals surface area contributed by atoms with E-state index in [4.69, 9.17) is 0 Å². The van der Waals surface area contributed by atoms with Crippen LogP contribution >= 0.6 is 0 Å². The normalized spacial score (nSPS) is 52.2. The monoisotopic (exact) mass is 138 g/mol. The first-order valence-corrected chi connectivity index (χ1v) is 4.79. The molecular formula is C10H18. The summed E-state index contributed by atoms with van der Waals surface area (Å²) in [5.41, 5.74) is 0.833. The molecule has 0 saturated heterocycles. The van der Waals surface area contributed by atoms with Crippen molar-refractivity contribution >= 4 is 0 Å². The number of hydrogen-bond acceptors (Lipinski definition) is 0. The van der Waals surface area contributed by atoms with Gasteiger partial charge in [-0.3, -0.25) is 0 Å². The van der Waals surface area contributed by atoms with Crippen LogP contribution in [0.3, 0.4) is 0 Å². The second-order valence-electron chi connectivity index (χ2n) is 4.30. The summed E-state index contributed by atoms with van der Waals surface area (Å²) in [6, 6.07) is 0. The molecule has 3 atom stereocenters. The Labute approximate surface area is 64.0 Å². The van der Waals surface area contributed by atoms with Crippen molar-refractivity contribution in [3.05, 3.63) is 0 Å². The topological polar surface area (TPSA) is 0 Å². The molecule has 3 unspecified atom stereocenters. The van der Waals surface area contributed by atoms with Gasteiger partial charge in [0, 0.05) is 0 Å². The molecule has 0 aromatic rings. The molecule has 0 aromatic heterocycles. The van der Waals surface area contributed by atoms with Crippen molar-refractivity contribution in [1.82, 2.24) is 0 Å². The summed E-state index contributed by atoms with van der Waals surface area (Å²) in [5, 5.41) is 0. The lowest BCUT2D eigenvalue weighted by molar-refractivity contribution is 0.0214. The zero-order valence-electron chi connectivity index (χ0n) is 7.19. The van der Waals surface area contributed by atoms with Gasteiger partial charge in [-0.15, -0.1) is 0 Å².